The van der Waals surface area contributed by atoms with Crippen LogP contribution >= 0.6 is 11.3 Å². The summed E-state index contributed by atoms with van der Waals surface area (Å²) < 4.78 is 13.2. The summed E-state index contributed by atoms with van der Waals surface area (Å²) in [6.45, 7) is 0. The molecule has 132 valence electrons. The fourth-order valence-electron chi connectivity index (χ4n) is 2.48. The molecule has 6 heteroatoms. The van der Waals surface area contributed by atoms with E-state index in [2.05, 4.69) is 15.3 Å². The number of hydrogen-bond acceptors (Lipinski definition) is 4. The minimum Gasteiger partial charge on any atom is -0.399 e. The Labute approximate surface area is 154 Å². The summed E-state index contributed by atoms with van der Waals surface area (Å²) >= 11 is 1.54. The van der Waals surface area contributed by atoms with Gasteiger partial charge < -0.3 is 10.2 Å². The monoisotopic (exact) mass is 368 g/mol. The van der Waals surface area contributed by atoms with Crippen LogP contribution in [0.5, 0.6) is 0 Å². The summed E-state index contributed by atoms with van der Waals surface area (Å²) in [7, 11) is 1.47. The highest BCUT2D eigenvalue weighted by Crippen LogP contribution is 2.26. The second-order valence-corrected chi connectivity index (χ2v) is 6.49. The molecule has 0 aliphatic rings. The van der Waals surface area contributed by atoms with Gasteiger partial charge in [0.2, 0.25) is 0 Å². The lowest BCUT2D eigenvalue weighted by Gasteiger charge is -2.18. The SMILES string of the molecule is CO/N=C/c1ccc(C(=O)NC(c2ccc(F)cc2)c2cccs2)cc1. The average molecular weight is 368 g/mol. The zero-order valence-corrected chi connectivity index (χ0v) is 14.9. The normalized spacial score (nSPS) is 12.1. The van der Waals surface area contributed by atoms with Crippen LogP contribution in [0, 0.1) is 5.82 Å². The first kappa shape index (κ1) is 17.8. The van der Waals surface area contributed by atoms with Gasteiger partial charge in [0.1, 0.15) is 12.9 Å². The molecule has 1 atom stereocenters. The summed E-state index contributed by atoms with van der Waals surface area (Å²) in [5.41, 5.74) is 2.19. The number of rotatable bonds is 6. The zero-order valence-electron chi connectivity index (χ0n) is 14.1. The van der Waals surface area contributed by atoms with Gasteiger partial charge in [-0.25, -0.2) is 4.39 Å². The van der Waals surface area contributed by atoms with Crippen molar-refractivity contribution in [3.63, 3.8) is 0 Å². The molecule has 0 spiro atoms. The number of carbonyl (C=O) groups excluding carboxylic acids is 1. The van der Waals surface area contributed by atoms with Crippen LogP contribution in [-0.4, -0.2) is 19.2 Å². The lowest BCUT2D eigenvalue weighted by atomic mass is 10.0. The second-order valence-electron chi connectivity index (χ2n) is 5.51. The predicted octanol–water partition coefficient (Wildman–Crippen LogP) is 4.39. The molecule has 3 aromatic rings. The molecule has 26 heavy (non-hydrogen) atoms. The minimum absolute atomic E-state index is 0.206. The van der Waals surface area contributed by atoms with Crippen molar-refractivity contribution in [2.24, 2.45) is 5.16 Å². The smallest absolute Gasteiger partial charge is 0.252 e. The van der Waals surface area contributed by atoms with Crippen LogP contribution in [0.15, 0.2) is 71.2 Å². The Hall–Kier alpha value is -2.99. The van der Waals surface area contributed by atoms with Gasteiger partial charge in [-0.3, -0.25) is 4.79 Å². The number of benzene rings is 2. The minimum atomic E-state index is -0.335. The van der Waals surface area contributed by atoms with E-state index in [0.29, 0.717) is 5.56 Å². The topological polar surface area (TPSA) is 50.7 Å². The summed E-state index contributed by atoms with van der Waals surface area (Å²) in [5, 5.41) is 8.66. The summed E-state index contributed by atoms with van der Waals surface area (Å²) in [6, 6.07) is 16.7. The average Bonchev–Trinajstić information content (AvgIpc) is 3.20. The van der Waals surface area contributed by atoms with Crippen molar-refractivity contribution in [1.82, 2.24) is 5.32 Å². The molecule has 0 radical (unpaired) electrons. The molecule has 0 saturated heterocycles. The number of amides is 1. The largest absolute Gasteiger partial charge is 0.399 e. The van der Waals surface area contributed by atoms with Crippen molar-refractivity contribution in [1.29, 1.82) is 0 Å². The van der Waals surface area contributed by atoms with E-state index in [9.17, 15) is 9.18 Å². The maximum atomic E-state index is 13.2. The van der Waals surface area contributed by atoms with Gasteiger partial charge in [0.25, 0.3) is 5.91 Å². The number of oxime groups is 1. The second kappa shape index (κ2) is 8.40. The van der Waals surface area contributed by atoms with Crippen molar-refractivity contribution < 1.29 is 14.0 Å². The standard InChI is InChI=1S/C20H17FN2O2S/c1-25-22-13-14-4-6-16(7-5-14)20(24)23-19(18-3-2-12-26-18)15-8-10-17(21)11-9-15/h2-13,19H,1H3,(H,23,24)/b22-13+. The van der Waals surface area contributed by atoms with E-state index in [1.165, 1.54) is 30.6 Å². The Morgan fingerprint density at radius 2 is 1.88 bits per heavy atom. The first-order chi connectivity index (χ1) is 12.7. The Kier molecular flexibility index (Phi) is 5.76. The number of carbonyl (C=O) groups is 1. The van der Waals surface area contributed by atoms with E-state index in [1.807, 2.05) is 17.5 Å². The molecular weight excluding hydrogens is 351 g/mol. The maximum Gasteiger partial charge on any atom is 0.252 e. The molecule has 0 aliphatic carbocycles. The molecule has 0 fully saturated rings. The van der Waals surface area contributed by atoms with Crippen LogP contribution in [0.1, 0.15) is 32.4 Å². The number of nitrogens with one attached hydrogen (secondary N) is 1. The molecule has 1 N–H and O–H groups in total. The third kappa shape index (κ3) is 4.34. The van der Waals surface area contributed by atoms with Gasteiger partial charge in [-0.1, -0.05) is 35.5 Å². The summed E-state index contributed by atoms with van der Waals surface area (Å²) in [4.78, 5) is 18.3. The molecule has 1 amide bonds. The molecule has 1 unspecified atom stereocenters. The van der Waals surface area contributed by atoms with Crippen molar-refractivity contribution in [3.05, 3.63) is 93.4 Å². The molecule has 0 bridgehead atoms. The Balaban J connectivity index is 1.81. The van der Waals surface area contributed by atoms with E-state index in [4.69, 9.17) is 0 Å². The molecule has 4 nitrogen and oxygen atoms in total. The van der Waals surface area contributed by atoms with Crippen molar-refractivity contribution in [2.45, 2.75) is 6.04 Å². The van der Waals surface area contributed by atoms with Crippen molar-refractivity contribution >= 4 is 23.5 Å². The van der Waals surface area contributed by atoms with Crippen LogP contribution in [-0.2, 0) is 4.84 Å². The zero-order chi connectivity index (χ0) is 18.4. The van der Waals surface area contributed by atoms with Gasteiger partial charge in [0, 0.05) is 10.4 Å². The van der Waals surface area contributed by atoms with Crippen LogP contribution in [0.25, 0.3) is 0 Å². The van der Waals surface area contributed by atoms with E-state index >= 15 is 0 Å². The lowest BCUT2D eigenvalue weighted by molar-refractivity contribution is 0.0943. The molecule has 1 heterocycles. The van der Waals surface area contributed by atoms with Crippen molar-refractivity contribution in [2.75, 3.05) is 7.11 Å². The van der Waals surface area contributed by atoms with Crippen LogP contribution in [0.4, 0.5) is 4.39 Å². The Bertz CT molecular complexity index is 875. The van der Waals surface area contributed by atoms with E-state index in [0.717, 1.165) is 16.0 Å². The van der Waals surface area contributed by atoms with Gasteiger partial charge in [-0.2, -0.15) is 0 Å². The van der Waals surface area contributed by atoms with Gasteiger partial charge in [-0.05, 0) is 46.8 Å². The lowest BCUT2D eigenvalue weighted by Crippen LogP contribution is -2.28. The number of halogens is 1. The highest BCUT2D eigenvalue weighted by atomic mass is 32.1. The van der Waals surface area contributed by atoms with Gasteiger partial charge in [0.05, 0.1) is 12.3 Å². The molecule has 3 rings (SSSR count). The first-order valence-corrected chi connectivity index (χ1v) is 8.81. The third-order valence-electron chi connectivity index (χ3n) is 3.79. The van der Waals surface area contributed by atoms with Crippen LogP contribution in [0.2, 0.25) is 0 Å². The highest BCUT2D eigenvalue weighted by Gasteiger charge is 2.18. The highest BCUT2D eigenvalue weighted by molar-refractivity contribution is 7.10. The van der Waals surface area contributed by atoms with Gasteiger partial charge >= 0.3 is 0 Å². The van der Waals surface area contributed by atoms with E-state index < -0.39 is 0 Å². The first-order valence-electron chi connectivity index (χ1n) is 7.93. The number of nitrogens with zero attached hydrogens (tertiary/aromatic N) is 1. The maximum absolute atomic E-state index is 13.2. The van der Waals surface area contributed by atoms with E-state index in [-0.39, 0.29) is 17.8 Å². The molecule has 0 saturated carbocycles. The molecule has 0 aliphatic heterocycles. The Morgan fingerprint density at radius 3 is 2.50 bits per heavy atom. The summed E-state index contributed by atoms with van der Waals surface area (Å²) in [5.74, 6) is -0.513. The fourth-order valence-corrected chi connectivity index (χ4v) is 3.28. The van der Waals surface area contributed by atoms with Gasteiger partial charge in [-0.15, -0.1) is 11.3 Å². The van der Waals surface area contributed by atoms with E-state index in [1.54, 1.807) is 42.6 Å². The van der Waals surface area contributed by atoms with Crippen LogP contribution < -0.4 is 5.32 Å². The molecular formula is C20H17FN2O2S. The molecule has 1 aromatic heterocycles. The number of hydrogen-bond donors (Lipinski definition) is 1. The third-order valence-corrected chi connectivity index (χ3v) is 4.72. The Morgan fingerprint density at radius 1 is 1.15 bits per heavy atom. The quantitative estimate of drug-likeness (QED) is 0.518. The number of thiophene rings is 1. The summed E-state index contributed by atoms with van der Waals surface area (Å²) in [6.07, 6.45) is 1.56. The van der Waals surface area contributed by atoms with Crippen molar-refractivity contribution in [3.8, 4) is 0 Å². The van der Waals surface area contributed by atoms with Gasteiger partial charge in [0.15, 0.2) is 0 Å². The molecule has 2 aromatic carbocycles. The predicted molar refractivity (Wildman–Crippen MR) is 101 cm³/mol. The fraction of sp³-hybridized carbons (Fsp3) is 0.100. The van der Waals surface area contributed by atoms with Crippen LogP contribution in [0.3, 0.4) is 0 Å².